The Morgan fingerprint density at radius 3 is 2.59 bits per heavy atom. The lowest BCUT2D eigenvalue weighted by molar-refractivity contribution is -0.136. The molecule has 6 nitrogen and oxygen atoms in total. The predicted molar refractivity (Wildman–Crippen MR) is 104 cm³/mol. The van der Waals surface area contributed by atoms with Crippen LogP contribution in [0.2, 0.25) is 0 Å². The van der Waals surface area contributed by atoms with Gasteiger partial charge in [-0.3, -0.25) is 9.59 Å². The second kappa shape index (κ2) is 7.50. The second-order valence-corrected chi connectivity index (χ2v) is 8.16. The molecule has 2 amide bonds. The van der Waals surface area contributed by atoms with Gasteiger partial charge in [-0.25, -0.2) is 0 Å². The molecule has 2 heterocycles. The van der Waals surface area contributed by atoms with E-state index in [1.807, 2.05) is 29.2 Å². The number of rotatable bonds is 4. The van der Waals surface area contributed by atoms with E-state index in [-0.39, 0.29) is 23.2 Å². The van der Waals surface area contributed by atoms with Crippen LogP contribution in [0, 0.1) is 17.3 Å². The van der Waals surface area contributed by atoms with Gasteiger partial charge in [0.05, 0.1) is 12.8 Å². The summed E-state index contributed by atoms with van der Waals surface area (Å²) >= 11 is 0. The summed E-state index contributed by atoms with van der Waals surface area (Å²) in [7, 11) is 1.60. The number of methoxy groups -OCH3 is 1. The maximum absolute atomic E-state index is 12.9. The summed E-state index contributed by atoms with van der Waals surface area (Å²) in [4.78, 5) is 27.5. The van der Waals surface area contributed by atoms with E-state index in [0.717, 1.165) is 45.2 Å². The molecule has 1 aromatic carbocycles. The normalized spacial score (nSPS) is 24.5. The lowest BCUT2D eigenvalue weighted by Crippen LogP contribution is -2.43. The summed E-state index contributed by atoms with van der Waals surface area (Å²) in [6.45, 7) is 3.45. The van der Waals surface area contributed by atoms with Crippen molar-refractivity contribution in [1.82, 2.24) is 10.2 Å². The van der Waals surface area contributed by atoms with Crippen LogP contribution in [0.25, 0.3) is 0 Å². The van der Waals surface area contributed by atoms with Crippen LogP contribution in [0.4, 0.5) is 5.69 Å². The quantitative estimate of drug-likeness (QED) is 0.852. The lowest BCUT2D eigenvalue weighted by atomic mass is 9.90. The third kappa shape index (κ3) is 3.68. The Hall–Kier alpha value is -2.08. The van der Waals surface area contributed by atoms with Crippen molar-refractivity contribution in [1.29, 1.82) is 0 Å². The standard InChI is InChI=1S/C21H29N3O3/c1-27-18-5-3-2-4-17(18)23-19(25)15-6-12-24(13-7-15)20(26)16-14-21(16)8-10-22-11-9-21/h2-5,15-16,22H,6-14H2,1H3,(H,23,25). The highest BCUT2D eigenvalue weighted by Crippen LogP contribution is 2.59. The fourth-order valence-corrected chi connectivity index (χ4v) is 4.74. The zero-order chi connectivity index (χ0) is 18.9. The number of hydrogen-bond acceptors (Lipinski definition) is 4. The molecule has 0 bridgehead atoms. The van der Waals surface area contributed by atoms with Crippen molar-refractivity contribution in [2.75, 3.05) is 38.6 Å². The Kier molecular flexibility index (Phi) is 5.08. The smallest absolute Gasteiger partial charge is 0.227 e. The summed E-state index contributed by atoms with van der Waals surface area (Å²) in [5.74, 6) is 1.18. The third-order valence-corrected chi connectivity index (χ3v) is 6.63. The van der Waals surface area contributed by atoms with Crippen molar-refractivity contribution in [2.24, 2.45) is 17.3 Å². The third-order valence-electron chi connectivity index (χ3n) is 6.63. The molecule has 2 aliphatic heterocycles. The van der Waals surface area contributed by atoms with Gasteiger partial charge < -0.3 is 20.3 Å². The van der Waals surface area contributed by atoms with Crippen molar-refractivity contribution in [2.45, 2.75) is 32.1 Å². The average molecular weight is 371 g/mol. The van der Waals surface area contributed by atoms with Gasteiger partial charge >= 0.3 is 0 Å². The molecule has 3 aliphatic rings. The summed E-state index contributed by atoms with van der Waals surface area (Å²) in [6, 6.07) is 7.45. The number of hydrogen-bond donors (Lipinski definition) is 2. The van der Waals surface area contributed by atoms with Crippen LogP contribution >= 0.6 is 0 Å². The molecule has 3 fully saturated rings. The highest BCUT2D eigenvalue weighted by molar-refractivity contribution is 5.94. The largest absolute Gasteiger partial charge is 0.495 e. The number of nitrogens with one attached hydrogen (secondary N) is 2. The van der Waals surface area contributed by atoms with Crippen LogP contribution in [-0.2, 0) is 9.59 Å². The minimum absolute atomic E-state index is 0.0212. The van der Waals surface area contributed by atoms with Gasteiger partial charge in [0, 0.05) is 24.9 Å². The first-order valence-corrected chi connectivity index (χ1v) is 10.1. The number of amides is 2. The topological polar surface area (TPSA) is 70.7 Å². The molecular weight excluding hydrogens is 342 g/mol. The highest BCUT2D eigenvalue weighted by atomic mass is 16.5. The van der Waals surface area contributed by atoms with E-state index in [2.05, 4.69) is 10.6 Å². The van der Waals surface area contributed by atoms with Crippen LogP contribution in [0.15, 0.2) is 24.3 Å². The van der Waals surface area contributed by atoms with Gasteiger partial charge in [0.25, 0.3) is 0 Å². The van der Waals surface area contributed by atoms with Crippen molar-refractivity contribution >= 4 is 17.5 Å². The molecule has 1 unspecified atom stereocenters. The summed E-state index contributed by atoms with van der Waals surface area (Å²) in [5.41, 5.74) is 0.981. The Morgan fingerprint density at radius 2 is 1.89 bits per heavy atom. The Bertz CT molecular complexity index is 706. The molecule has 1 saturated carbocycles. The van der Waals surface area contributed by atoms with Gasteiger partial charge in [-0.1, -0.05) is 12.1 Å². The fourth-order valence-electron chi connectivity index (χ4n) is 4.74. The zero-order valence-electron chi connectivity index (χ0n) is 16.0. The fraction of sp³-hybridized carbons (Fsp3) is 0.619. The van der Waals surface area contributed by atoms with Gasteiger partial charge in [0.15, 0.2) is 0 Å². The second-order valence-electron chi connectivity index (χ2n) is 8.16. The molecule has 1 aliphatic carbocycles. The number of carbonyl (C=O) groups is 2. The number of likely N-dealkylation sites (tertiary alicyclic amines) is 1. The van der Waals surface area contributed by atoms with Gasteiger partial charge in [0.2, 0.25) is 11.8 Å². The first-order chi connectivity index (χ1) is 13.1. The monoisotopic (exact) mass is 371 g/mol. The first-order valence-electron chi connectivity index (χ1n) is 10.1. The van der Waals surface area contributed by atoms with Gasteiger partial charge in [-0.15, -0.1) is 0 Å². The van der Waals surface area contributed by atoms with E-state index in [1.54, 1.807) is 7.11 Å². The van der Waals surface area contributed by atoms with E-state index >= 15 is 0 Å². The number of piperidine rings is 2. The molecule has 2 saturated heterocycles. The maximum Gasteiger partial charge on any atom is 0.227 e. The number of nitrogens with zero attached hydrogens (tertiary/aromatic N) is 1. The number of para-hydroxylation sites is 2. The number of benzene rings is 1. The molecule has 4 rings (SSSR count). The maximum atomic E-state index is 12.9. The Labute approximate surface area is 160 Å². The molecule has 0 radical (unpaired) electrons. The van der Waals surface area contributed by atoms with E-state index < -0.39 is 0 Å². The van der Waals surface area contributed by atoms with Crippen LogP contribution in [0.5, 0.6) is 5.75 Å². The molecule has 27 heavy (non-hydrogen) atoms. The van der Waals surface area contributed by atoms with E-state index in [9.17, 15) is 9.59 Å². The molecule has 6 heteroatoms. The van der Waals surface area contributed by atoms with Crippen molar-refractivity contribution in [3.63, 3.8) is 0 Å². The van der Waals surface area contributed by atoms with Crippen molar-refractivity contribution in [3.8, 4) is 5.75 Å². The van der Waals surface area contributed by atoms with Crippen LogP contribution in [0.3, 0.4) is 0 Å². The minimum atomic E-state index is -0.0500. The SMILES string of the molecule is COc1ccccc1NC(=O)C1CCN(C(=O)C2CC23CCNCC3)CC1. The van der Waals surface area contributed by atoms with Crippen LogP contribution < -0.4 is 15.4 Å². The van der Waals surface area contributed by atoms with E-state index in [1.165, 1.54) is 0 Å². The number of ether oxygens (including phenoxy) is 1. The number of anilines is 1. The van der Waals surface area contributed by atoms with Crippen LogP contribution in [0.1, 0.15) is 32.1 Å². The lowest BCUT2D eigenvalue weighted by Gasteiger charge is -2.33. The molecule has 1 spiro atoms. The van der Waals surface area contributed by atoms with Crippen molar-refractivity contribution < 1.29 is 14.3 Å². The summed E-state index contributed by atoms with van der Waals surface area (Å²) in [5, 5.41) is 6.37. The van der Waals surface area contributed by atoms with Gasteiger partial charge in [-0.05, 0) is 62.7 Å². The molecule has 2 N–H and O–H groups in total. The molecular formula is C21H29N3O3. The number of carbonyl (C=O) groups excluding carboxylic acids is 2. The molecule has 1 aromatic rings. The summed E-state index contributed by atoms with van der Waals surface area (Å²) < 4.78 is 5.30. The average Bonchev–Trinajstić information content (AvgIpc) is 3.41. The van der Waals surface area contributed by atoms with Gasteiger partial charge in [-0.2, -0.15) is 0 Å². The predicted octanol–water partition coefficient (Wildman–Crippen LogP) is 2.26. The molecule has 146 valence electrons. The van der Waals surface area contributed by atoms with Crippen LogP contribution in [-0.4, -0.2) is 50.0 Å². The van der Waals surface area contributed by atoms with Gasteiger partial charge in [0.1, 0.15) is 5.75 Å². The minimum Gasteiger partial charge on any atom is -0.495 e. The van der Waals surface area contributed by atoms with E-state index in [4.69, 9.17) is 4.74 Å². The molecule has 1 atom stereocenters. The first kappa shape index (κ1) is 18.3. The highest BCUT2D eigenvalue weighted by Gasteiger charge is 2.58. The Morgan fingerprint density at radius 1 is 1.19 bits per heavy atom. The zero-order valence-corrected chi connectivity index (χ0v) is 16.0. The van der Waals surface area contributed by atoms with Crippen molar-refractivity contribution in [3.05, 3.63) is 24.3 Å². The summed E-state index contributed by atoms with van der Waals surface area (Å²) in [6.07, 6.45) is 4.77. The molecule has 0 aromatic heterocycles. The Balaban J connectivity index is 1.29. The van der Waals surface area contributed by atoms with E-state index in [0.29, 0.717) is 30.4 Å².